The van der Waals surface area contributed by atoms with E-state index in [9.17, 15) is 24.3 Å². The highest BCUT2D eigenvalue weighted by atomic mass is 16.5. The third-order valence-corrected chi connectivity index (χ3v) is 6.60. The van der Waals surface area contributed by atoms with E-state index in [-0.39, 0.29) is 28.0 Å². The number of aromatic carboxylic acids is 1. The minimum Gasteiger partial charge on any atom is -0.545 e. The van der Waals surface area contributed by atoms with Crippen LogP contribution in [-0.4, -0.2) is 23.6 Å². The molecule has 1 aliphatic heterocycles. The molecule has 5 aromatic carbocycles. The van der Waals surface area contributed by atoms with Crippen molar-refractivity contribution in [2.75, 3.05) is 4.90 Å². The molecule has 0 fully saturated rings. The lowest BCUT2D eigenvalue weighted by molar-refractivity contribution is -0.255. The Labute approximate surface area is 222 Å². The number of rotatable bonds is 6. The van der Waals surface area contributed by atoms with Crippen LogP contribution < -0.4 is 14.7 Å². The Morgan fingerprint density at radius 1 is 0.615 bits per heavy atom. The third kappa shape index (κ3) is 4.22. The van der Waals surface area contributed by atoms with Crippen molar-refractivity contribution in [2.24, 2.45) is 0 Å². The number of imide groups is 1. The van der Waals surface area contributed by atoms with Gasteiger partial charge in [-0.15, -0.1) is 0 Å². The summed E-state index contributed by atoms with van der Waals surface area (Å²) >= 11 is 0. The van der Waals surface area contributed by atoms with Crippen LogP contribution in [-0.2, 0) is 0 Å². The van der Waals surface area contributed by atoms with Gasteiger partial charge in [0.1, 0.15) is 11.5 Å². The van der Waals surface area contributed by atoms with Gasteiger partial charge in [-0.05, 0) is 77.7 Å². The topological polar surface area (TPSA) is 104 Å². The number of carbonyl (C=O) groups excluding carboxylic acids is 4. The van der Waals surface area contributed by atoms with Gasteiger partial charge < -0.3 is 14.6 Å². The van der Waals surface area contributed by atoms with E-state index in [0.29, 0.717) is 22.7 Å². The van der Waals surface area contributed by atoms with Crippen molar-refractivity contribution >= 4 is 40.0 Å². The molecule has 0 radical (unpaired) electrons. The minimum atomic E-state index is -1.27. The third-order valence-electron chi connectivity index (χ3n) is 6.60. The van der Waals surface area contributed by atoms with Crippen LogP contribution in [0.5, 0.6) is 11.5 Å². The number of carboxylic acids is 1. The fourth-order valence-electron chi connectivity index (χ4n) is 4.64. The Hall–Kier alpha value is -5.56. The number of benzene rings is 5. The number of carboxylic acid groups (broad SMARTS) is 1. The van der Waals surface area contributed by atoms with Gasteiger partial charge in [0.05, 0.1) is 22.8 Å². The van der Waals surface area contributed by atoms with Gasteiger partial charge in [0.2, 0.25) is 0 Å². The second kappa shape index (κ2) is 9.39. The SMILES string of the molecule is O=C([O-])c1ccc(Oc2ccc(C(=O)c3ccc4c(c3)C(=O)N(c3cccc5ccccc35)C4=O)cc2)cc1. The van der Waals surface area contributed by atoms with Gasteiger partial charge in [-0.1, -0.05) is 42.5 Å². The summed E-state index contributed by atoms with van der Waals surface area (Å²) in [4.78, 5) is 51.9. The number of hydrogen-bond donors (Lipinski definition) is 0. The Bertz CT molecular complexity index is 1800. The molecule has 0 N–H and O–H groups in total. The number of nitrogens with zero attached hydrogens (tertiary/aromatic N) is 1. The van der Waals surface area contributed by atoms with Crippen molar-refractivity contribution in [1.82, 2.24) is 0 Å². The van der Waals surface area contributed by atoms with Gasteiger partial charge in [-0.2, -0.15) is 0 Å². The molecule has 0 saturated heterocycles. The number of amides is 2. The molecule has 39 heavy (non-hydrogen) atoms. The maximum Gasteiger partial charge on any atom is 0.266 e. The predicted molar refractivity (Wildman–Crippen MR) is 142 cm³/mol. The second-order valence-corrected chi connectivity index (χ2v) is 8.97. The molecule has 0 bridgehead atoms. The Morgan fingerprint density at radius 2 is 1.21 bits per heavy atom. The van der Waals surface area contributed by atoms with Gasteiger partial charge in [-0.3, -0.25) is 14.4 Å². The highest BCUT2D eigenvalue weighted by Gasteiger charge is 2.37. The van der Waals surface area contributed by atoms with Crippen LogP contribution in [0.4, 0.5) is 5.69 Å². The first-order valence-electron chi connectivity index (χ1n) is 12.1. The maximum absolute atomic E-state index is 13.4. The number of hydrogen-bond acceptors (Lipinski definition) is 6. The first kappa shape index (κ1) is 23.8. The molecule has 1 heterocycles. The molecule has 0 aliphatic carbocycles. The van der Waals surface area contributed by atoms with E-state index in [0.717, 1.165) is 15.7 Å². The predicted octanol–water partition coefficient (Wildman–Crippen LogP) is 5.03. The van der Waals surface area contributed by atoms with Crippen LogP contribution >= 0.6 is 0 Å². The summed E-state index contributed by atoms with van der Waals surface area (Å²) in [5, 5.41) is 12.6. The van der Waals surface area contributed by atoms with E-state index >= 15 is 0 Å². The zero-order valence-electron chi connectivity index (χ0n) is 20.3. The van der Waals surface area contributed by atoms with Crippen LogP contribution in [0.25, 0.3) is 10.8 Å². The summed E-state index contributed by atoms with van der Waals surface area (Å²) in [7, 11) is 0. The molecule has 2 amide bonds. The summed E-state index contributed by atoms with van der Waals surface area (Å²) in [6.07, 6.45) is 0. The monoisotopic (exact) mass is 512 g/mol. The molecule has 0 saturated carbocycles. The molecule has 1 aliphatic rings. The van der Waals surface area contributed by atoms with Crippen LogP contribution in [0.2, 0.25) is 0 Å². The molecule has 188 valence electrons. The van der Waals surface area contributed by atoms with Crippen LogP contribution in [0.1, 0.15) is 47.0 Å². The zero-order chi connectivity index (χ0) is 27.1. The lowest BCUT2D eigenvalue weighted by Gasteiger charge is -2.16. The summed E-state index contributed by atoms with van der Waals surface area (Å²) in [5.74, 6) is -1.62. The number of ether oxygens (including phenoxy) is 1. The van der Waals surface area contributed by atoms with E-state index in [1.807, 2.05) is 30.3 Å². The maximum atomic E-state index is 13.4. The smallest absolute Gasteiger partial charge is 0.266 e. The average Bonchev–Trinajstić information content (AvgIpc) is 3.21. The van der Waals surface area contributed by atoms with Gasteiger partial charge in [0, 0.05) is 16.5 Å². The van der Waals surface area contributed by atoms with Crippen LogP contribution in [0.3, 0.4) is 0 Å². The molecule has 5 aromatic rings. The van der Waals surface area contributed by atoms with Crippen molar-refractivity contribution < 1.29 is 29.0 Å². The lowest BCUT2D eigenvalue weighted by atomic mass is 9.99. The number of anilines is 1. The molecule has 0 unspecified atom stereocenters. The van der Waals surface area contributed by atoms with Gasteiger partial charge >= 0.3 is 0 Å². The van der Waals surface area contributed by atoms with Gasteiger partial charge in [-0.25, -0.2) is 4.90 Å². The van der Waals surface area contributed by atoms with Crippen molar-refractivity contribution in [3.05, 3.63) is 137 Å². The van der Waals surface area contributed by atoms with Crippen LogP contribution in [0.15, 0.2) is 109 Å². The van der Waals surface area contributed by atoms with E-state index in [4.69, 9.17) is 4.74 Å². The van der Waals surface area contributed by atoms with Crippen LogP contribution in [0, 0.1) is 0 Å². The summed E-state index contributed by atoms with van der Waals surface area (Å²) in [6.45, 7) is 0. The van der Waals surface area contributed by atoms with E-state index in [2.05, 4.69) is 0 Å². The van der Waals surface area contributed by atoms with E-state index in [1.54, 1.807) is 42.5 Å². The molecular formula is C32H18NO6-. The standard InChI is InChI=1S/C32H19NO6/c34-29(20-8-13-23(14-9-20)39-24-15-10-21(11-16-24)32(37)38)22-12-17-26-27(18-22)31(36)33(30(26)35)28-7-3-5-19-4-1-2-6-25(19)28/h1-18H,(H,37,38)/p-1. The number of ketones is 1. The molecule has 0 atom stereocenters. The normalized spacial score (nSPS) is 12.5. The van der Waals surface area contributed by atoms with E-state index < -0.39 is 17.8 Å². The minimum absolute atomic E-state index is 0.0399. The van der Waals surface area contributed by atoms with Crippen molar-refractivity contribution in [1.29, 1.82) is 0 Å². The molecule has 6 rings (SSSR count). The Balaban J connectivity index is 1.24. The fourth-order valence-corrected chi connectivity index (χ4v) is 4.64. The van der Waals surface area contributed by atoms with Crippen molar-refractivity contribution in [3.8, 4) is 11.5 Å². The zero-order valence-corrected chi connectivity index (χ0v) is 20.3. The fraction of sp³-hybridized carbons (Fsp3) is 0. The first-order valence-corrected chi connectivity index (χ1v) is 12.1. The highest BCUT2D eigenvalue weighted by Crippen LogP contribution is 2.34. The second-order valence-electron chi connectivity index (χ2n) is 8.97. The van der Waals surface area contributed by atoms with Crippen molar-refractivity contribution in [2.45, 2.75) is 0 Å². The summed E-state index contributed by atoms with van der Waals surface area (Å²) in [5.41, 5.74) is 1.62. The molecule has 0 spiro atoms. The number of carbonyl (C=O) groups is 4. The molecule has 7 heteroatoms. The largest absolute Gasteiger partial charge is 0.545 e. The molecule has 0 aromatic heterocycles. The molecule has 7 nitrogen and oxygen atoms in total. The lowest BCUT2D eigenvalue weighted by Crippen LogP contribution is -2.29. The quantitative estimate of drug-likeness (QED) is 0.234. The molecular weight excluding hydrogens is 494 g/mol. The average molecular weight is 512 g/mol. The van der Waals surface area contributed by atoms with Gasteiger partial charge in [0.25, 0.3) is 11.8 Å². The Kier molecular flexibility index (Phi) is 5.73. The first-order chi connectivity index (χ1) is 18.9. The number of fused-ring (bicyclic) bond motifs is 2. The Morgan fingerprint density at radius 3 is 1.90 bits per heavy atom. The summed E-state index contributed by atoms with van der Waals surface area (Å²) < 4.78 is 5.71. The van der Waals surface area contributed by atoms with Gasteiger partial charge in [0.15, 0.2) is 5.78 Å². The van der Waals surface area contributed by atoms with Crippen molar-refractivity contribution in [3.63, 3.8) is 0 Å². The van der Waals surface area contributed by atoms with E-state index in [1.165, 1.54) is 36.4 Å². The highest BCUT2D eigenvalue weighted by molar-refractivity contribution is 6.36. The summed E-state index contributed by atoms with van der Waals surface area (Å²) in [6, 6.07) is 29.7.